The van der Waals surface area contributed by atoms with E-state index in [9.17, 15) is 8.42 Å². The molecule has 2 rings (SSSR count). The molecule has 0 bridgehead atoms. The van der Waals surface area contributed by atoms with Gasteiger partial charge < -0.3 is 0 Å². The van der Waals surface area contributed by atoms with E-state index in [-0.39, 0.29) is 6.54 Å². The Morgan fingerprint density at radius 1 is 0.970 bits per heavy atom. The van der Waals surface area contributed by atoms with E-state index in [1.807, 2.05) is 38.1 Å². The monoisotopic (exact) mass is 495 g/mol. The molecular weight excluding hydrogens is 459 g/mol. The van der Waals surface area contributed by atoms with Gasteiger partial charge in [0.05, 0.1) is 11.4 Å². The number of sulfonamides is 1. The van der Waals surface area contributed by atoms with Crippen molar-refractivity contribution < 1.29 is 8.42 Å². The van der Waals surface area contributed by atoms with Gasteiger partial charge in [-0.2, -0.15) is 4.31 Å². The van der Waals surface area contributed by atoms with Crippen molar-refractivity contribution in [2.45, 2.75) is 57.9 Å². The first-order valence-corrected chi connectivity index (χ1v) is 19.3. The second-order valence-corrected chi connectivity index (χ2v) is 21.0. The molecule has 0 radical (unpaired) electrons. The summed E-state index contributed by atoms with van der Waals surface area (Å²) in [5.74, 6) is 3.17. The minimum absolute atomic E-state index is 0.205. The summed E-state index contributed by atoms with van der Waals surface area (Å²) < 4.78 is 28.6. The first kappa shape index (κ1) is 27.1. The summed E-state index contributed by atoms with van der Waals surface area (Å²) in [5, 5.41) is 2.53. The van der Waals surface area contributed by atoms with Crippen molar-refractivity contribution in [1.82, 2.24) is 4.31 Å². The summed E-state index contributed by atoms with van der Waals surface area (Å²) in [4.78, 5) is 0.319. The fraction of sp³-hybridized carbons (Fsp3) is 0.370. The Morgan fingerprint density at radius 3 is 2.12 bits per heavy atom. The van der Waals surface area contributed by atoms with Crippen molar-refractivity contribution in [3.63, 3.8) is 0 Å². The maximum Gasteiger partial charge on any atom is 0.243 e. The number of benzene rings is 2. The predicted octanol–water partition coefficient (Wildman–Crippen LogP) is 5.51. The van der Waals surface area contributed by atoms with Crippen LogP contribution in [-0.4, -0.2) is 42.0 Å². The number of hydrogen-bond donors (Lipinski definition) is 0. The third kappa shape index (κ3) is 7.70. The van der Waals surface area contributed by atoms with E-state index >= 15 is 0 Å². The van der Waals surface area contributed by atoms with Crippen LogP contribution in [0.15, 0.2) is 76.5 Å². The van der Waals surface area contributed by atoms with Crippen molar-refractivity contribution in [3.8, 4) is 11.5 Å². The van der Waals surface area contributed by atoms with Crippen LogP contribution in [0.5, 0.6) is 0 Å². The molecule has 0 amide bonds. The molecule has 176 valence electrons. The van der Waals surface area contributed by atoms with Crippen molar-refractivity contribution in [2.75, 3.05) is 13.1 Å². The van der Waals surface area contributed by atoms with Gasteiger partial charge in [-0.05, 0) is 43.7 Å². The molecule has 2 aromatic rings. The molecule has 2 aromatic carbocycles. The maximum atomic E-state index is 13.5. The van der Waals surface area contributed by atoms with Crippen LogP contribution in [0.4, 0.5) is 0 Å². The second kappa shape index (κ2) is 11.3. The van der Waals surface area contributed by atoms with Gasteiger partial charge in [-0.1, -0.05) is 91.9 Å². The van der Waals surface area contributed by atoms with Gasteiger partial charge in [-0.25, -0.2) is 8.42 Å². The molecule has 0 atom stereocenters. The number of rotatable bonds is 8. The third-order valence-electron chi connectivity index (χ3n) is 5.56. The molecule has 0 saturated carbocycles. The lowest BCUT2D eigenvalue weighted by atomic mass is 10.2. The van der Waals surface area contributed by atoms with Gasteiger partial charge in [-0.15, -0.1) is 11.3 Å². The lowest BCUT2D eigenvalue weighted by Crippen LogP contribution is -2.44. The summed E-state index contributed by atoms with van der Waals surface area (Å²) in [7, 11) is -7.23. The zero-order chi connectivity index (χ0) is 24.7. The largest absolute Gasteiger partial charge is 0.243 e. The van der Waals surface area contributed by atoms with E-state index in [2.05, 4.69) is 74.2 Å². The molecule has 0 aliphatic carbocycles. The normalized spacial score (nSPS) is 12.0. The number of hydrogen-bond acceptors (Lipinski definition) is 2. The molecule has 0 aliphatic rings. The van der Waals surface area contributed by atoms with E-state index < -0.39 is 26.2 Å². The number of aryl methyl sites for hydroxylation is 1. The van der Waals surface area contributed by atoms with Crippen LogP contribution < -0.4 is 5.19 Å². The van der Waals surface area contributed by atoms with E-state index in [1.54, 1.807) is 12.1 Å². The minimum Gasteiger partial charge on any atom is -0.207 e. The van der Waals surface area contributed by atoms with Crippen LogP contribution in [0, 0.1) is 18.4 Å². The molecule has 0 aromatic heterocycles. The van der Waals surface area contributed by atoms with Gasteiger partial charge >= 0.3 is 0 Å². The van der Waals surface area contributed by atoms with Gasteiger partial charge in [-0.3, -0.25) is 0 Å². The Hall–Kier alpha value is -2.14. The molecule has 0 unspecified atom stereocenters. The summed E-state index contributed by atoms with van der Waals surface area (Å²) >= 11 is 0. The van der Waals surface area contributed by atoms with Crippen molar-refractivity contribution in [1.29, 1.82) is 0 Å². The highest BCUT2D eigenvalue weighted by Crippen LogP contribution is 2.22. The summed E-state index contributed by atoms with van der Waals surface area (Å²) in [6.07, 6.45) is 2.58. The summed E-state index contributed by atoms with van der Waals surface area (Å²) in [5.41, 5.74) is 7.81. The Bertz CT molecular complexity index is 1160. The fourth-order valence-corrected chi connectivity index (χ4v) is 8.11. The van der Waals surface area contributed by atoms with E-state index in [0.717, 1.165) is 5.56 Å². The predicted molar refractivity (Wildman–Crippen MR) is 147 cm³/mol. The average molecular weight is 496 g/mol. The molecule has 33 heavy (non-hydrogen) atoms. The average Bonchev–Trinajstić information content (AvgIpc) is 2.75. The zero-order valence-electron chi connectivity index (χ0n) is 21.1. The molecule has 0 N–H and O–H groups in total. The molecule has 0 aliphatic heterocycles. The minimum atomic E-state index is -3.65. The van der Waals surface area contributed by atoms with Gasteiger partial charge in [0.15, 0.2) is 0 Å². The highest BCUT2D eigenvalue weighted by Gasteiger charge is 2.30. The van der Waals surface area contributed by atoms with Crippen LogP contribution in [0.2, 0.25) is 32.7 Å². The summed E-state index contributed by atoms with van der Waals surface area (Å²) in [6, 6.07) is 17.6. The van der Waals surface area contributed by atoms with Crippen LogP contribution in [0.25, 0.3) is 0 Å². The Labute approximate surface area is 203 Å². The Morgan fingerprint density at radius 2 is 1.58 bits per heavy atom. The van der Waals surface area contributed by atoms with Gasteiger partial charge in [0.25, 0.3) is 0 Å². The van der Waals surface area contributed by atoms with Gasteiger partial charge in [0.2, 0.25) is 10.0 Å². The quantitative estimate of drug-likeness (QED) is 0.275. The molecule has 0 spiro atoms. The Balaban J connectivity index is 2.39. The second-order valence-electron chi connectivity index (χ2n) is 9.86. The third-order valence-corrected chi connectivity index (χ3v) is 12.0. The zero-order valence-corrected chi connectivity index (χ0v) is 23.9. The van der Waals surface area contributed by atoms with Crippen LogP contribution in [0.1, 0.15) is 18.9 Å². The molecule has 0 fully saturated rings. The maximum absolute atomic E-state index is 13.5. The van der Waals surface area contributed by atoms with Crippen molar-refractivity contribution in [2.24, 2.45) is 0 Å². The van der Waals surface area contributed by atoms with Crippen LogP contribution in [-0.2, 0) is 10.0 Å². The smallest absolute Gasteiger partial charge is 0.207 e. The van der Waals surface area contributed by atoms with Crippen LogP contribution >= 0.6 is 0 Å². The van der Waals surface area contributed by atoms with E-state index in [1.165, 1.54) is 14.7 Å². The standard InChI is InChI=1S/C27H37NO2SSi2/c1-8-13-26(33(6,7)27-14-10-9-11-15-27)20-22-28(21-12-23-32(3,4)5)31(29,30)25-18-16-24(2)17-19-25/h8-11,14-19H,20-22H2,1-7H3. The molecule has 0 saturated heterocycles. The SMILES string of the molecule is CC=C=C(CCN(CC#C[Si](C)(C)C)S(=O)(=O)c1ccc(C)cc1)[Si](C)(C)c1ccccc1. The van der Waals surface area contributed by atoms with Crippen molar-refractivity contribution >= 4 is 31.4 Å². The van der Waals surface area contributed by atoms with E-state index in [4.69, 9.17) is 0 Å². The molecule has 3 nitrogen and oxygen atoms in total. The highest BCUT2D eigenvalue weighted by molar-refractivity contribution is 7.89. The summed E-state index contributed by atoms with van der Waals surface area (Å²) in [6.45, 7) is 15.6. The molecule has 6 heteroatoms. The topological polar surface area (TPSA) is 37.4 Å². The fourth-order valence-electron chi connectivity index (χ4n) is 3.54. The van der Waals surface area contributed by atoms with E-state index in [0.29, 0.717) is 17.9 Å². The first-order valence-electron chi connectivity index (χ1n) is 11.4. The van der Waals surface area contributed by atoms with Gasteiger partial charge in [0.1, 0.15) is 16.1 Å². The lowest BCUT2D eigenvalue weighted by molar-refractivity contribution is 0.451. The lowest BCUT2D eigenvalue weighted by Gasteiger charge is -2.27. The Kier molecular flexibility index (Phi) is 9.31. The first-order chi connectivity index (χ1) is 15.4. The highest BCUT2D eigenvalue weighted by atomic mass is 32.2. The van der Waals surface area contributed by atoms with Crippen LogP contribution in [0.3, 0.4) is 0 Å². The van der Waals surface area contributed by atoms with Gasteiger partial charge in [0, 0.05) is 6.54 Å². The molecular formula is C27H37NO2SSi2. The number of nitrogens with zero attached hydrogens (tertiary/aromatic N) is 1. The molecule has 0 heterocycles. The van der Waals surface area contributed by atoms with Crippen molar-refractivity contribution in [3.05, 3.63) is 77.2 Å².